The van der Waals surface area contributed by atoms with E-state index in [1.165, 1.54) is 24.3 Å². The van der Waals surface area contributed by atoms with Crippen molar-refractivity contribution in [3.8, 4) is 11.1 Å². The summed E-state index contributed by atoms with van der Waals surface area (Å²) in [6.45, 7) is 8.38. The third-order valence-corrected chi connectivity index (χ3v) is 8.97. The van der Waals surface area contributed by atoms with E-state index in [0.29, 0.717) is 29.7 Å². The average Bonchev–Trinajstić information content (AvgIpc) is 3.46. The van der Waals surface area contributed by atoms with Crippen molar-refractivity contribution in [2.45, 2.75) is 53.0 Å². The SMILES string of the molecule is CCOC(=O)C1(Cc2cn([C@H](C)c3ccc(F)cc3Cl)nn2)CCN(C(=O)c2ccc(-c3ccc(C)c(C)c3)cc2F)CC1. The van der Waals surface area contributed by atoms with Crippen LogP contribution >= 0.6 is 11.6 Å². The summed E-state index contributed by atoms with van der Waals surface area (Å²) in [5.41, 5.74) is 4.19. The lowest BCUT2D eigenvalue weighted by Crippen LogP contribution is -2.48. The molecule has 4 aromatic rings. The zero-order valence-corrected chi connectivity index (χ0v) is 26.0. The highest BCUT2D eigenvalue weighted by Gasteiger charge is 2.44. The molecule has 2 heterocycles. The van der Waals surface area contributed by atoms with Gasteiger partial charge in [-0.25, -0.2) is 13.5 Å². The van der Waals surface area contributed by atoms with Gasteiger partial charge >= 0.3 is 5.97 Å². The minimum absolute atomic E-state index is 0.00222. The number of carbonyl (C=O) groups is 2. The molecule has 0 unspecified atom stereocenters. The molecule has 1 fully saturated rings. The van der Waals surface area contributed by atoms with E-state index in [1.54, 1.807) is 34.8 Å². The summed E-state index contributed by atoms with van der Waals surface area (Å²) in [4.78, 5) is 28.3. The Morgan fingerprint density at radius 3 is 2.36 bits per heavy atom. The summed E-state index contributed by atoms with van der Waals surface area (Å²) in [5.74, 6) is -1.79. The van der Waals surface area contributed by atoms with Gasteiger partial charge in [0.15, 0.2) is 0 Å². The van der Waals surface area contributed by atoms with Crippen molar-refractivity contribution in [2.24, 2.45) is 5.41 Å². The fraction of sp³-hybridized carbons (Fsp3) is 0.353. The van der Waals surface area contributed by atoms with Gasteiger partial charge in [0.05, 0.1) is 29.3 Å². The standard InChI is InChI=1S/C34H35ClF2N4O3/c1-5-44-33(43)34(19-27-20-41(39-38-27)23(4)28-11-9-26(36)18-30(28)35)12-14-40(15-13-34)32(42)29-10-8-25(17-31(29)37)24-7-6-21(2)22(3)16-24/h6-11,16-18,20,23H,5,12-15,19H2,1-4H3/t23-/m1/s1. The molecule has 1 aliphatic rings. The first-order valence-corrected chi connectivity index (χ1v) is 15.1. The van der Waals surface area contributed by atoms with Crippen LogP contribution in [0.15, 0.2) is 60.8 Å². The van der Waals surface area contributed by atoms with Gasteiger partial charge in [0.25, 0.3) is 5.91 Å². The Morgan fingerprint density at radius 2 is 1.70 bits per heavy atom. The molecule has 1 atom stereocenters. The second kappa shape index (κ2) is 12.9. The molecule has 5 rings (SSSR count). The van der Waals surface area contributed by atoms with E-state index in [1.807, 2.05) is 39.0 Å². The average molecular weight is 621 g/mol. The second-order valence-electron chi connectivity index (χ2n) is 11.5. The molecule has 230 valence electrons. The van der Waals surface area contributed by atoms with Crippen LogP contribution in [-0.4, -0.2) is 51.5 Å². The van der Waals surface area contributed by atoms with Crippen molar-refractivity contribution in [3.05, 3.63) is 105 Å². The van der Waals surface area contributed by atoms with Gasteiger partial charge in [-0.15, -0.1) is 5.10 Å². The minimum atomic E-state index is -0.921. The maximum atomic E-state index is 15.3. The Hall–Kier alpha value is -4.11. The maximum absolute atomic E-state index is 15.3. The van der Waals surface area contributed by atoms with Gasteiger partial charge < -0.3 is 9.64 Å². The number of hydrogen-bond acceptors (Lipinski definition) is 5. The highest BCUT2D eigenvalue weighted by atomic mass is 35.5. The molecule has 7 nitrogen and oxygen atoms in total. The van der Waals surface area contributed by atoms with Gasteiger partial charge in [-0.3, -0.25) is 9.59 Å². The molecule has 1 aliphatic heterocycles. The van der Waals surface area contributed by atoms with Crippen LogP contribution in [0.3, 0.4) is 0 Å². The summed E-state index contributed by atoms with van der Waals surface area (Å²) >= 11 is 6.26. The Balaban J connectivity index is 1.30. The molecule has 0 saturated carbocycles. The lowest BCUT2D eigenvalue weighted by atomic mass is 9.74. The van der Waals surface area contributed by atoms with Gasteiger partial charge in [0.1, 0.15) is 11.6 Å². The lowest BCUT2D eigenvalue weighted by molar-refractivity contribution is -0.158. The van der Waals surface area contributed by atoms with Crippen LogP contribution in [0.25, 0.3) is 11.1 Å². The molecule has 0 N–H and O–H groups in total. The second-order valence-corrected chi connectivity index (χ2v) is 11.9. The molecule has 0 radical (unpaired) electrons. The normalized spacial score (nSPS) is 15.2. The van der Waals surface area contributed by atoms with Crippen molar-refractivity contribution in [1.82, 2.24) is 19.9 Å². The molecule has 1 saturated heterocycles. The molecular formula is C34H35ClF2N4O3. The number of benzene rings is 3. The molecule has 0 aliphatic carbocycles. The number of amides is 1. The molecule has 3 aromatic carbocycles. The molecule has 1 amide bonds. The number of halogens is 3. The highest BCUT2D eigenvalue weighted by molar-refractivity contribution is 6.31. The van der Waals surface area contributed by atoms with Crippen LogP contribution in [0.1, 0.15) is 65.5 Å². The van der Waals surface area contributed by atoms with Crippen molar-refractivity contribution < 1.29 is 23.1 Å². The number of piperidine rings is 1. The minimum Gasteiger partial charge on any atom is -0.466 e. The number of aromatic nitrogens is 3. The molecule has 1 aromatic heterocycles. The van der Waals surface area contributed by atoms with Crippen LogP contribution in [0, 0.1) is 30.9 Å². The number of ether oxygens (including phenoxy) is 1. The van der Waals surface area contributed by atoms with E-state index in [-0.39, 0.29) is 48.7 Å². The topological polar surface area (TPSA) is 77.3 Å². The quantitative estimate of drug-likeness (QED) is 0.196. The number of carbonyl (C=O) groups excluding carboxylic acids is 2. The van der Waals surface area contributed by atoms with E-state index >= 15 is 4.39 Å². The summed E-state index contributed by atoms with van der Waals surface area (Å²) in [6.07, 6.45) is 2.66. The first-order valence-electron chi connectivity index (χ1n) is 14.7. The number of esters is 1. The third-order valence-electron chi connectivity index (χ3n) is 8.64. The zero-order valence-electron chi connectivity index (χ0n) is 25.2. The van der Waals surface area contributed by atoms with Crippen LogP contribution < -0.4 is 0 Å². The number of rotatable bonds is 8. The van der Waals surface area contributed by atoms with Crippen molar-refractivity contribution in [1.29, 1.82) is 0 Å². The van der Waals surface area contributed by atoms with Gasteiger partial charge in [-0.05, 0) is 92.6 Å². The summed E-state index contributed by atoms with van der Waals surface area (Å²) < 4.78 is 35.9. The van der Waals surface area contributed by atoms with Crippen molar-refractivity contribution in [2.75, 3.05) is 19.7 Å². The summed E-state index contributed by atoms with van der Waals surface area (Å²) in [7, 11) is 0. The maximum Gasteiger partial charge on any atom is 0.312 e. The molecule has 0 spiro atoms. The first-order chi connectivity index (χ1) is 21.0. The van der Waals surface area contributed by atoms with E-state index < -0.39 is 23.0 Å². The third kappa shape index (κ3) is 6.38. The van der Waals surface area contributed by atoms with Crippen LogP contribution in [0.5, 0.6) is 0 Å². The van der Waals surface area contributed by atoms with E-state index in [9.17, 15) is 14.0 Å². The number of hydrogen-bond donors (Lipinski definition) is 0. The first kappa shape index (κ1) is 31.3. The Labute approximate surface area is 260 Å². The largest absolute Gasteiger partial charge is 0.466 e. The van der Waals surface area contributed by atoms with Gasteiger partial charge in [-0.1, -0.05) is 47.1 Å². The molecule has 0 bridgehead atoms. The van der Waals surface area contributed by atoms with Crippen molar-refractivity contribution in [3.63, 3.8) is 0 Å². The van der Waals surface area contributed by atoms with Crippen molar-refractivity contribution >= 4 is 23.5 Å². The Bertz CT molecular complexity index is 1700. The van der Waals surface area contributed by atoms with E-state index in [2.05, 4.69) is 10.3 Å². The van der Waals surface area contributed by atoms with Gasteiger partial charge in [-0.2, -0.15) is 0 Å². The monoisotopic (exact) mass is 620 g/mol. The smallest absolute Gasteiger partial charge is 0.312 e. The van der Waals surface area contributed by atoms with Crippen LogP contribution in [0.4, 0.5) is 8.78 Å². The summed E-state index contributed by atoms with van der Waals surface area (Å²) in [5, 5.41) is 8.83. The number of aryl methyl sites for hydroxylation is 2. The summed E-state index contributed by atoms with van der Waals surface area (Å²) in [6, 6.07) is 14.5. The van der Waals surface area contributed by atoms with Crippen LogP contribution in [0.2, 0.25) is 5.02 Å². The molecular weight excluding hydrogens is 586 g/mol. The molecule has 10 heteroatoms. The van der Waals surface area contributed by atoms with Crippen LogP contribution in [-0.2, 0) is 16.0 Å². The van der Waals surface area contributed by atoms with E-state index in [0.717, 1.165) is 16.7 Å². The molecule has 44 heavy (non-hydrogen) atoms. The predicted octanol–water partition coefficient (Wildman–Crippen LogP) is 7.13. The Morgan fingerprint density at radius 1 is 1.00 bits per heavy atom. The van der Waals surface area contributed by atoms with Gasteiger partial charge in [0, 0.05) is 30.7 Å². The predicted molar refractivity (Wildman–Crippen MR) is 164 cm³/mol. The fourth-order valence-electron chi connectivity index (χ4n) is 5.75. The zero-order chi connectivity index (χ0) is 31.6. The van der Waals surface area contributed by atoms with Gasteiger partial charge in [0.2, 0.25) is 0 Å². The Kier molecular flexibility index (Phi) is 9.15. The number of nitrogens with zero attached hydrogens (tertiary/aromatic N) is 4. The lowest BCUT2D eigenvalue weighted by Gasteiger charge is -2.39. The number of likely N-dealkylation sites (tertiary alicyclic amines) is 1. The highest BCUT2D eigenvalue weighted by Crippen LogP contribution is 2.37. The fourth-order valence-corrected chi connectivity index (χ4v) is 6.07. The van der Waals surface area contributed by atoms with E-state index in [4.69, 9.17) is 16.3 Å².